The van der Waals surface area contributed by atoms with Crippen LogP contribution in [0.1, 0.15) is 0 Å². The molecule has 6 nitrogen and oxygen atoms in total. The van der Waals surface area contributed by atoms with E-state index in [0.29, 0.717) is 23.1 Å². The molecule has 0 bridgehead atoms. The van der Waals surface area contributed by atoms with Crippen LogP contribution in [0.25, 0.3) is 149 Å². The maximum atomic E-state index is 6.95. The highest BCUT2D eigenvalue weighted by atomic mass is 16.3. The summed E-state index contributed by atoms with van der Waals surface area (Å²) < 4.78 is 15.8. The molecule has 0 radical (unpaired) electrons. The molecule has 6 heteroatoms. The first-order chi connectivity index (χ1) is 34.2. The fourth-order valence-corrected chi connectivity index (χ4v) is 10.8. The Morgan fingerprint density at radius 2 is 0.942 bits per heavy atom. The zero-order valence-corrected chi connectivity index (χ0v) is 36.9. The number of benzene rings is 11. The molecule has 15 aromatic rings. The smallest absolute Gasteiger partial charge is 0.167 e. The van der Waals surface area contributed by atoms with Crippen LogP contribution in [-0.2, 0) is 0 Å². The number of nitrogens with zero attached hydrogens (tertiary/aromatic N) is 4. The van der Waals surface area contributed by atoms with E-state index in [0.717, 1.165) is 93.6 Å². The SMILES string of the molecule is c1ccc(-c2cccc(-c3nc(-c4ccc5c(c4)oc4ccccc45)nc(-c4cc5ccc(-n6c7cc8ccccc8cc7c7c8ccccc8ccc76)cc5c5c4oc4ccccc45)n3)c2)cc1. The first kappa shape index (κ1) is 37.8. The molecule has 0 spiro atoms. The average molecular weight is 881 g/mol. The summed E-state index contributed by atoms with van der Waals surface area (Å²) in [5.41, 5.74) is 11.2. The summed E-state index contributed by atoms with van der Waals surface area (Å²) in [4.78, 5) is 15.9. The summed E-state index contributed by atoms with van der Waals surface area (Å²) >= 11 is 0. The van der Waals surface area contributed by atoms with Crippen LogP contribution in [0.2, 0.25) is 0 Å². The third kappa shape index (κ3) is 5.82. The van der Waals surface area contributed by atoms with Gasteiger partial charge < -0.3 is 13.4 Å². The molecule has 0 fully saturated rings. The number of para-hydroxylation sites is 2. The van der Waals surface area contributed by atoms with Crippen molar-refractivity contribution in [2.45, 2.75) is 0 Å². The Labute approximate surface area is 394 Å². The van der Waals surface area contributed by atoms with Gasteiger partial charge in [0.15, 0.2) is 17.5 Å². The van der Waals surface area contributed by atoms with Gasteiger partial charge in [-0.25, -0.2) is 15.0 Å². The second-order valence-electron chi connectivity index (χ2n) is 17.9. The minimum atomic E-state index is 0.515. The van der Waals surface area contributed by atoms with Crippen molar-refractivity contribution in [2.75, 3.05) is 0 Å². The largest absolute Gasteiger partial charge is 0.456 e. The van der Waals surface area contributed by atoms with Crippen LogP contribution < -0.4 is 0 Å². The minimum Gasteiger partial charge on any atom is -0.456 e. The Bertz CT molecular complexity index is 4620. The molecule has 0 aliphatic rings. The Balaban J connectivity index is 0.981. The van der Waals surface area contributed by atoms with E-state index >= 15 is 0 Å². The summed E-state index contributed by atoms with van der Waals surface area (Å²) in [5.74, 6) is 1.61. The molecule has 0 atom stereocenters. The van der Waals surface area contributed by atoms with Crippen molar-refractivity contribution in [1.29, 1.82) is 0 Å². The normalized spacial score (nSPS) is 12.1. The van der Waals surface area contributed by atoms with E-state index in [2.05, 4.69) is 180 Å². The standard InChI is InChI=1S/C63H36N4O2/c1-2-13-37(14-3-1)39-18-12-19-43(31-39)61-64-62(44-26-29-48-47-21-8-10-23-55(47)68-57(48)35-44)66-63(65-61)52-33-42-25-28-45(36-50(42)59-49-22-9-11-24-56(49)69-60(52)59)67-53-30-27-38-15-6-7-20-46(38)58(53)51-32-40-16-4-5-17-41(40)34-54(51)67/h1-36H. The lowest BCUT2D eigenvalue weighted by molar-refractivity contribution is 0.668. The highest BCUT2D eigenvalue weighted by Gasteiger charge is 2.23. The van der Waals surface area contributed by atoms with Crippen LogP contribution >= 0.6 is 0 Å². The van der Waals surface area contributed by atoms with Crippen molar-refractivity contribution >= 4 is 98.0 Å². The van der Waals surface area contributed by atoms with Gasteiger partial charge in [-0.1, -0.05) is 152 Å². The zero-order valence-electron chi connectivity index (χ0n) is 36.9. The van der Waals surface area contributed by atoms with Crippen molar-refractivity contribution in [2.24, 2.45) is 0 Å². The second kappa shape index (κ2) is 14.6. The Morgan fingerprint density at radius 3 is 1.78 bits per heavy atom. The number of rotatable bonds is 5. The highest BCUT2D eigenvalue weighted by Crippen LogP contribution is 2.44. The summed E-state index contributed by atoms with van der Waals surface area (Å²) in [6, 6.07) is 77.0. The highest BCUT2D eigenvalue weighted by molar-refractivity contribution is 6.25. The lowest BCUT2D eigenvalue weighted by Gasteiger charge is -2.13. The molecule has 69 heavy (non-hydrogen) atoms. The first-order valence-corrected chi connectivity index (χ1v) is 23.2. The molecule has 0 aliphatic carbocycles. The monoisotopic (exact) mass is 880 g/mol. The fourth-order valence-electron chi connectivity index (χ4n) is 10.8. The van der Waals surface area contributed by atoms with E-state index in [1.165, 1.54) is 32.3 Å². The maximum absolute atomic E-state index is 6.95. The van der Waals surface area contributed by atoms with Crippen LogP contribution in [0.4, 0.5) is 0 Å². The van der Waals surface area contributed by atoms with Gasteiger partial charge in [-0.2, -0.15) is 0 Å². The minimum absolute atomic E-state index is 0.515. The number of furan rings is 2. The third-order valence-corrected chi connectivity index (χ3v) is 14.0. The molecule has 0 amide bonds. The van der Waals surface area contributed by atoms with Gasteiger partial charge >= 0.3 is 0 Å². The average Bonchev–Trinajstić information content (AvgIpc) is 4.10. The van der Waals surface area contributed by atoms with E-state index in [9.17, 15) is 0 Å². The molecular weight excluding hydrogens is 845 g/mol. The quantitative estimate of drug-likeness (QED) is 0.172. The van der Waals surface area contributed by atoms with Crippen molar-refractivity contribution in [3.05, 3.63) is 218 Å². The van der Waals surface area contributed by atoms with E-state index in [1.54, 1.807) is 0 Å². The van der Waals surface area contributed by atoms with E-state index in [1.807, 2.05) is 42.5 Å². The number of fused-ring (bicyclic) bond motifs is 14. The molecule has 4 aromatic heterocycles. The molecule has 15 rings (SSSR count). The lowest BCUT2D eigenvalue weighted by atomic mass is 9.99. The summed E-state index contributed by atoms with van der Waals surface area (Å²) in [7, 11) is 0. The van der Waals surface area contributed by atoms with Crippen LogP contribution in [-0.4, -0.2) is 19.5 Å². The lowest BCUT2D eigenvalue weighted by Crippen LogP contribution is -2.01. The summed E-state index contributed by atoms with van der Waals surface area (Å²) in [5, 5.41) is 13.6. The van der Waals surface area contributed by atoms with E-state index in [-0.39, 0.29) is 0 Å². The van der Waals surface area contributed by atoms with Crippen LogP contribution in [0.3, 0.4) is 0 Å². The number of hydrogen-bond acceptors (Lipinski definition) is 5. The van der Waals surface area contributed by atoms with Gasteiger partial charge in [0.25, 0.3) is 0 Å². The molecule has 0 saturated heterocycles. The Hall–Kier alpha value is -9.39. The number of hydrogen-bond donors (Lipinski definition) is 0. The van der Waals surface area contributed by atoms with Gasteiger partial charge in [-0.15, -0.1) is 0 Å². The molecular formula is C63H36N4O2. The van der Waals surface area contributed by atoms with Gasteiger partial charge in [0.05, 0.1) is 16.6 Å². The first-order valence-electron chi connectivity index (χ1n) is 23.2. The van der Waals surface area contributed by atoms with Crippen LogP contribution in [0, 0.1) is 0 Å². The van der Waals surface area contributed by atoms with Crippen molar-refractivity contribution in [3.63, 3.8) is 0 Å². The third-order valence-electron chi connectivity index (χ3n) is 14.0. The number of aromatic nitrogens is 4. The van der Waals surface area contributed by atoms with Gasteiger partial charge in [0.2, 0.25) is 0 Å². The van der Waals surface area contributed by atoms with Gasteiger partial charge in [0, 0.05) is 49.1 Å². The molecule has 0 N–H and O–H groups in total. The van der Waals surface area contributed by atoms with E-state index in [4.69, 9.17) is 23.8 Å². The van der Waals surface area contributed by atoms with Gasteiger partial charge in [0.1, 0.15) is 22.3 Å². The van der Waals surface area contributed by atoms with Crippen LogP contribution in [0.5, 0.6) is 0 Å². The molecule has 0 aliphatic heterocycles. The maximum Gasteiger partial charge on any atom is 0.167 e. The summed E-state index contributed by atoms with van der Waals surface area (Å²) in [6.07, 6.45) is 0. The van der Waals surface area contributed by atoms with Crippen molar-refractivity contribution in [3.8, 4) is 51.0 Å². The predicted molar refractivity (Wildman–Crippen MR) is 283 cm³/mol. The van der Waals surface area contributed by atoms with E-state index < -0.39 is 0 Å². The predicted octanol–water partition coefficient (Wildman–Crippen LogP) is 16.9. The molecule has 11 aromatic carbocycles. The molecule has 4 heterocycles. The van der Waals surface area contributed by atoms with Crippen LogP contribution in [0.15, 0.2) is 227 Å². The Morgan fingerprint density at radius 1 is 0.304 bits per heavy atom. The molecule has 0 saturated carbocycles. The van der Waals surface area contributed by atoms with Crippen molar-refractivity contribution < 1.29 is 8.83 Å². The zero-order chi connectivity index (χ0) is 45.2. The second-order valence-corrected chi connectivity index (χ2v) is 17.9. The van der Waals surface area contributed by atoms with Gasteiger partial charge in [-0.05, 0) is 110 Å². The topological polar surface area (TPSA) is 69.9 Å². The Kier molecular flexibility index (Phi) is 7.97. The fraction of sp³-hybridized carbons (Fsp3) is 0. The van der Waals surface area contributed by atoms with Crippen molar-refractivity contribution in [1.82, 2.24) is 19.5 Å². The molecule has 0 unspecified atom stereocenters. The molecule has 320 valence electrons. The van der Waals surface area contributed by atoms with Gasteiger partial charge in [-0.3, -0.25) is 0 Å². The summed E-state index contributed by atoms with van der Waals surface area (Å²) in [6.45, 7) is 0.